The Balaban J connectivity index is 2.05. The molecular weight excluding hydrogens is 344 g/mol. The molecule has 0 N–H and O–H groups in total. The predicted molar refractivity (Wildman–Crippen MR) is 118 cm³/mol. The van der Waals surface area contributed by atoms with Crippen LogP contribution < -0.4 is 10.4 Å². The van der Waals surface area contributed by atoms with Gasteiger partial charge in [0.05, 0.1) is 0 Å². The first-order valence-corrected chi connectivity index (χ1v) is 12.4. The second-order valence-electron chi connectivity index (χ2n) is 10.3. The Labute approximate surface area is 166 Å². The number of carbonyl (C=O) groups excluding carboxylic acids is 1. The standard InChI is InChI=1S/C25H34OSi/c1-24(2,3)23(26)22-17-19(22)18-27(25(4,5)6,20-13-9-7-10-14-20)21-15-11-8-12-16-21/h7-16,19,22H,17-18H2,1-6H3. The molecule has 1 saturated carbocycles. The summed E-state index contributed by atoms with van der Waals surface area (Å²) in [5, 5.41) is 3.17. The van der Waals surface area contributed by atoms with Gasteiger partial charge in [0.2, 0.25) is 0 Å². The highest BCUT2D eigenvalue weighted by molar-refractivity contribution is 7.04. The summed E-state index contributed by atoms with van der Waals surface area (Å²) in [5.74, 6) is 1.24. The lowest BCUT2D eigenvalue weighted by Gasteiger charge is -2.44. The van der Waals surface area contributed by atoms with Gasteiger partial charge in [-0.1, -0.05) is 113 Å². The molecule has 0 aliphatic heterocycles. The van der Waals surface area contributed by atoms with E-state index >= 15 is 0 Å². The highest BCUT2D eigenvalue weighted by Crippen LogP contribution is 2.52. The zero-order valence-electron chi connectivity index (χ0n) is 17.8. The average molecular weight is 379 g/mol. The number of Topliss-reactive ketones (excluding diaryl/α,β-unsaturated/α-hetero) is 1. The van der Waals surface area contributed by atoms with Gasteiger partial charge in [-0.25, -0.2) is 0 Å². The van der Waals surface area contributed by atoms with Crippen LogP contribution in [0, 0.1) is 17.3 Å². The van der Waals surface area contributed by atoms with Crippen molar-refractivity contribution in [3.63, 3.8) is 0 Å². The SMILES string of the molecule is CC(C)(C)C(=O)C1CC1C[Si](c1ccccc1)(c1ccccc1)C(C)(C)C. The molecule has 2 unspecified atom stereocenters. The summed E-state index contributed by atoms with van der Waals surface area (Å²) in [6, 6.07) is 23.4. The topological polar surface area (TPSA) is 17.1 Å². The highest BCUT2D eigenvalue weighted by Gasteiger charge is 2.55. The third-order valence-electron chi connectivity index (χ3n) is 6.38. The lowest BCUT2D eigenvalue weighted by molar-refractivity contribution is -0.127. The number of rotatable bonds is 5. The maximum Gasteiger partial charge on any atom is 0.141 e. The van der Waals surface area contributed by atoms with E-state index < -0.39 is 8.07 Å². The van der Waals surface area contributed by atoms with Crippen LogP contribution in [-0.4, -0.2) is 13.9 Å². The van der Waals surface area contributed by atoms with Gasteiger partial charge < -0.3 is 0 Å². The van der Waals surface area contributed by atoms with Gasteiger partial charge in [-0.3, -0.25) is 4.79 Å². The summed E-state index contributed by atoms with van der Waals surface area (Å²) >= 11 is 0. The van der Waals surface area contributed by atoms with E-state index in [9.17, 15) is 4.79 Å². The summed E-state index contributed by atoms with van der Waals surface area (Å²) in [7, 11) is -2.05. The number of benzene rings is 2. The van der Waals surface area contributed by atoms with Crippen LogP contribution >= 0.6 is 0 Å². The van der Waals surface area contributed by atoms with E-state index in [4.69, 9.17) is 0 Å². The van der Waals surface area contributed by atoms with Crippen molar-refractivity contribution in [2.24, 2.45) is 17.3 Å². The monoisotopic (exact) mass is 378 g/mol. The fourth-order valence-electron chi connectivity index (χ4n) is 4.76. The normalized spacial score (nSPS) is 20.4. The Morgan fingerprint density at radius 2 is 1.30 bits per heavy atom. The minimum atomic E-state index is -2.05. The first-order valence-electron chi connectivity index (χ1n) is 10.2. The van der Waals surface area contributed by atoms with Crippen molar-refractivity contribution < 1.29 is 4.79 Å². The van der Waals surface area contributed by atoms with Crippen molar-refractivity contribution in [2.45, 2.75) is 59.0 Å². The van der Waals surface area contributed by atoms with E-state index in [1.165, 1.54) is 10.4 Å². The van der Waals surface area contributed by atoms with Crippen LogP contribution in [0.1, 0.15) is 48.0 Å². The molecule has 1 aliphatic rings. The summed E-state index contributed by atoms with van der Waals surface area (Å²) < 4.78 is 0. The molecule has 0 heterocycles. The zero-order chi connectivity index (χ0) is 19.9. The summed E-state index contributed by atoms with van der Waals surface area (Å²) in [6.45, 7) is 13.4. The summed E-state index contributed by atoms with van der Waals surface area (Å²) in [4.78, 5) is 12.9. The molecule has 1 nitrogen and oxygen atoms in total. The third-order valence-corrected chi connectivity index (χ3v) is 12.7. The van der Waals surface area contributed by atoms with Crippen LogP contribution in [0.2, 0.25) is 11.1 Å². The van der Waals surface area contributed by atoms with E-state index in [2.05, 4.69) is 102 Å². The summed E-state index contributed by atoms with van der Waals surface area (Å²) in [5.41, 5.74) is -0.231. The summed E-state index contributed by atoms with van der Waals surface area (Å²) in [6.07, 6.45) is 1.07. The van der Waals surface area contributed by atoms with E-state index in [1.54, 1.807) is 0 Å². The van der Waals surface area contributed by atoms with Gasteiger partial charge in [0, 0.05) is 11.3 Å². The van der Waals surface area contributed by atoms with E-state index in [-0.39, 0.29) is 16.4 Å². The molecule has 27 heavy (non-hydrogen) atoms. The first kappa shape index (κ1) is 20.1. The van der Waals surface area contributed by atoms with Gasteiger partial charge in [-0.15, -0.1) is 0 Å². The molecule has 0 amide bonds. The van der Waals surface area contributed by atoms with E-state index in [0.717, 1.165) is 12.5 Å². The van der Waals surface area contributed by atoms with Crippen molar-refractivity contribution in [3.8, 4) is 0 Å². The highest BCUT2D eigenvalue weighted by atomic mass is 28.3. The molecule has 1 aliphatic carbocycles. The van der Waals surface area contributed by atoms with E-state index in [0.29, 0.717) is 11.7 Å². The molecule has 1 fully saturated rings. The fourth-order valence-corrected chi connectivity index (χ4v) is 10.7. The second-order valence-corrected chi connectivity index (χ2v) is 15.2. The average Bonchev–Trinajstić information content (AvgIpc) is 3.37. The smallest absolute Gasteiger partial charge is 0.141 e. The Morgan fingerprint density at radius 1 is 0.852 bits per heavy atom. The molecule has 3 rings (SSSR count). The molecule has 0 spiro atoms. The molecule has 2 aromatic rings. The van der Waals surface area contributed by atoms with Crippen LogP contribution in [0.5, 0.6) is 0 Å². The minimum Gasteiger partial charge on any atom is -0.299 e. The van der Waals surface area contributed by atoms with Crippen LogP contribution in [0.3, 0.4) is 0 Å². The lowest BCUT2D eigenvalue weighted by atomic mass is 9.87. The first-order chi connectivity index (χ1) is 12.6. The Bertz CT molecular complexity index is 741. The molecule has 0 aromatic heterocycles. The van der Waals surface area contributed by atoms with Gasteiger partial charge in [0.25, 0.3) is 0 Å². The van der Waals surface area contributed by atoms with Crippen LogP contribution in [-0.2, 0) is 4.79 Å². The second kappa shape index (κ2) is 7.05. The van der Waals surface area contributed by atoms with Crippen molar-refractivity contribution >= 4 is 24.2 Å². The largest absolute Gasteiger partial charge is 0.299 e. The van der Waals surface area contributed by atoms with Crippen molar-refractivity contribution in [3.05, 3.63) is 60.7 Å². The molecule has 2 atom stereocenters. The fraction of sp³-hybridized carbons (Fsp3) is 0.480. The number of ketones is 1. The molecule has 0 saturated heterocycles. The van der Waals surface area contributed by atoms with Crippen molar-refractivity contribution in [1.29, 1.82) is 0 Å². The van der Waals surface area contributed by atoms with Crippen LogP contribution in [0.4, 0.5) is 0 Å². The predicted octanol–water partition coefficient (Wildman–Crippen LogP) is 5.30. The number of hydrogen-bond acceptors (Lipinski definition) is 1. The maximum absolute atomic E-state index is 12.9. The van der Waals surface area contributed by atoms with Crippen molar-refractivity contribution in [2.75, 3.05) is 0 Å². The van der Waals surface area contributed by atoms with Crippen LogP contribution in [0.25, 0.3) is 0 Å². The van der Waals surface area contributed by atoms with Gasteiger partial charge in [-0.2, -0.15) is 0 Å². The van der Waals surface area contributed by atoms with Gasteiger partial charge >= 0.3 is 0 Å². The van der Waals surface area contributed by atoms with Crippen LogP contribution in [0.15, 0.2) is 60.7 Å². The molecular formula is C25H34OSi. The Morgan fingerprint density at radius 3 is 1.67 bits per heavy atom. The quantitative estimate of drug-likeness (QED) is 0.645. The lowest BCUT2D eigenvalue weighted by Crippen LogP contribution is -2.64. The molecule has 0 radical (unpaired) electrons. The van der Waals surface area contributed by atoms with E-state index in [1.807, 2.05) is 0 Å². The molecule has 2 heteroatoms. The number of hydrogen-bond donors (Lipinski definition) is 0. The third kappa shape index (κ3) is 3.82. The minimum absolute atomic E-state index is 0.174. The zero-order valence-corrected chi connectivity index (χ0v) is 18.8. The van der Waals surface area contributed by atoms with Gasteiger partial charge in [0.1, 0.15) is 13.9 Å². The molecule has 0 bridgehead atoms. The van der Waals surface area contributed by atoms with Gasteiger partial charge in [-0.05, 0) is 23.4 Å². The van der Waals surface area contributed by atoms with Gasteiger partial charge in [0.15, 0.2) is 0 Å². The Kier molecular flexibility index (Phi) is 5.24. The Hall–Kier alpha value is -1.67. The molecule has 144 valence electrons. The maximum atomic E-state index is 12.9. The number of carbonyl (C=O) groups is 1. The molecule has 2 aromatic carbocycles. The van der Waals surface area contributed by atoms with Crippen molar-refractivity contribution in [1.82, 2.24) is 0 Å².